The van der Waals surface area contributed by atoms with Crippen molar-refractivity contribution < 1.29 is 14.4 Å². The zero-order chi connectivity index (χ0) is 16.8. The van der Waals surface area contributed by atoms with Crippen LogP contribution in [-0.4, -0.2) is 40.3 Å². The summed E-state index contributed by atoms with van der Waals surface area (Å²) in [6, 6.07) is 1.95. The van der Waals surface area contributed by atoms with E-state index >= 15 is 0 Å². The Labute approximate surface area is 139 Å². The summed E-state index contributed by atoms with van der Waals surface area (Å²) in [5.74, 6) is 0.542. The minimum atomic E-state index is -0.393. The molecule has 1 aliphatic heterocycles. The maximum absolute atomic E-state index is 12.8. The molecule has 2 heterocycles. The Hall–Kier alpha value is -1.36. The number of amides is 1. The molecular formula is C18H30N2O3. The Kier molecular flexibility index (Phi) is 6.63. The van der Waals surface area contributed by atoms with Crippen LogP contribution in [0.15, 0.2) is 10.6 Å². The van der Waals surface area contributed by atoms with Crippen molar-refractivity contribution in [1.29, 1.82) is 0 Å². The van der Waals surface area contributed by atoms with Crippen molar-refractivity contribution in [2.75, 3.05) is 13.1 Å². The zero-order valence-electron chi connectivity index (χ0n) is 14.6. The van der Waals surface area contributed by atoms with Gasteiger partial charge in [0.15, 0.2) is 0 Å². The van der Waals surface area contributed by atoms with Gasteiger partial charge in [-0.3, -0.25) is 4.79 Å². The van der Waals surface area contributed by atoms with E-state index in [1.165, 1.54) is 19.3 Å². The van der Waals surface area contributed by atoms with E-state index < -0.39 is 6.10 Å². The third-order valence-electron chi connectivity index (χ3n) is 4.58. The molecule has 1 aliphatic rings. The second-order valence-electron chi connectivity index (χ2n) is 6.98. The Morgan fingerprint density at radius 1 is 1.43 bits per heavy atom. The van der Waals surface area contributed by atoms with Crippen LogP contribution in [0.5, 0.6) is 0 Å². The van der Waals surface area contributed by atoms with Crippen LogP contribution in [0.2, 0.25) is 0 Å². The van der Waals surface area contributed by atoms with Crippen LogP contribution >= 0.6 is 0 Å². The van der Waals surface area contributed by atoms with E-state index in [9.17, 15) is 9.90 Å². The third kappa shape index (κ3) is 4.80. The Balaban J connectivity index is 2.00. The third-order valence-corrected chi connectivity index (χ3v) is 4.58. The van der Waals surface area contributed by atoms with Gasteiger partial charge in [-0.1, -0.05) is 45.2 Å². The summed E-state index contributed by atoms with van der Waals surface area (Å²) in [7, 11) is 0. The summed E-state index contributed by atoms with van der Waals surface area (Å²) >= 11 is 0. The highest BCUT2D eigenvalue weighted by atomic mass is 16.5. The Bertz CT molecular complexity index is 498. The monoisotopic (exact) mass is 322 g/mol. The molecule has 0 saturated carbocycles. The number of carbonyl (C=O) groups excluding carboxylic acids is 1. The first-order valence-electron chi connectivity index (χ1n) is 8.95. The van der Waals surface area contributed by atoms with Crippen LogP contribution in [0, 0.1) is 5.92 Å². The first-order chi connectivity index (χ1) is 11.0. The van der Waals surface area contributed by atoms with Gasteiger partial charge in [0.25, 0.3) is 0 Å². The van der Waals surface area contributed by atoms with Gasteiger partial charge in [0.05, 0.1) is 11.8 Å². The number of nitrogens with zero attached hydrogens (tertiary/aromatic N) is 2. The zero-order valence-corrected chi connectivity index (χ0v) is 14.6. The minimum Gasteiger partial charge on any atom is -0.391 e. The topological polar surface area (TPSA) is 66.6 Å². The van der Waals surface area contributed by atoms with Crippen molar-refractivity contribution in [2.24, 2.45) is 5.92 Å². The molecule has 0 aliphatic carbocycles. The number of aliphatic hydroxyl groups is 1. The van der Waals surface area contributed by atoms with E-state index in [0.29, 0.717) is 25.3 Å². The lowest BCUT2D eigenvalue weighted by Crippen LogP contribution is -2.35. The molecule has 5 heteroatoms. The van der Waals surface area contributed by atoms with Crippen molar-refractivity contribution in [3.8, 4) is 0 Å². The highest BCUT2D eigenvalue weighted by molar-refractivity contribution is 5.83. The average molecular weight is 322 g/mol. The van der Waals surface area contributed by atoms with Gasteiger partial charge >= 0.3 is 0 Å². The number of aromatic nitrogens is 1. The number of rotatable bonds is 8. The molecule has 2 atom stereocenters. The molecule has 0 spiro atoms. The molecule has 1 N–H and O–H groups in total. The van der Waals surface area contributed by atoms with Crippen molar-refractivity contribution in [3.63, 3.8) is 0 Å². The number of aryl methyl sites for hydroxylation is 1. The number of hydrogen-bond donors (Lipinski definition) is 1. The fourth-order valence-electron chi connectivity index (χ4n) is 3.20. The minimum absolute atomic E-state index is 0.0465. The molecule has 1 amide bonds. The van der Waals surface area contributed by atoms with Crippen LogP contribution in [0.25, 0.3) is 0 Å². The first-order valence-corrected chi connectivity index (χ1v) is 8.95. The molecule has 1 saturated heterocycles. The van der Waals surface area contributed by atoms with Gasteiger partial charge in [-0.15, -0.1) is 0 Å². The molecule has 130 valence electrons. The lowest BCUT2D eigenvalue weighted by Gasteiger charge is -2.23. The van der Waals surface area contributed by atoms with Crippen LogP contribution in [0.4, 0.5) is 0 Å². The summed E-state index contributed by atoms with van der Waals surface area (Å²) in [5.41, 5.74) is 0.941. The second kappa shape index (κ2) is 8.48. The van der Waals surface area contributed by atoms with Gasteiger partial charge in [-0.05, 0) is 25.2 Å². The fourth-order valence-corrected chi connectivity index (χ4v) is 3.20. The molecule has 1 fully saturated rings. The van der Waals surface area contributed by atoms with E-state index in [2.05, 4.69) is 12.1 Å². The quantitative estimate of drug-likeness (QED) is 0.747. The number of likely N-dealkylation sites (tertiary alicyclic amines) is 1. The first kappa shape index (κ1) is 18.0. The van der Waals surface area contributed by atoms with E-state index in [-0.39, 0.29) is 17.7 Å². The summed E-state index contributed by atoms with van der Waals surface area (Å²) in [6.45, 7) is 7.31. The number of unbranched alkanes of at least 4 members (excludes halogenated alkanes) is 3. The smallest absolute Gasteiger partial charge is 0.233 e. The maximum atomic E-state index is 12.8. The standard InChI is InChI=1S/C18H30N2O3/c1-4-5-6-7-8-14-11-16(23-19-14)17(13(2)3)18(22)20-10-9-15(21)12-20/h11,13,15,17,21H,4-10,12H2,1-3H3/t15-,17?/m1/s1. The van der Waals surface area contributed by atoms with Gasteiger partial charge in [-0.25, -0.2) is 0 Å². The van der Waals surface area contributed by atoms with Gasteiger partial charge in [-0.2, -0.15) is 0 Å². The number of β-amino-alcohol motifs (C(OH)–C–C–N with tert-alkyl or cyclic N) is 1. The molecule has 0 aromatic carbocycles. The van der Waals surface area contributed by atoms with Crippen molar-refractivity contribution in [1.82, 2.24) is 10.1 Å². The van der Waals surface area contributed by atoms with Crippen molar-refractivity contribution in [3.05, 3.63) is 17.5 Å². The maximum Gasteiger partial charge on any atom is 0.233 e. The Morgan fingerprint density at radius 3 is 2.83 bits per heavy atom. The molecule has 1 unspecified atom stereocenters. The predicted octanol–water partition coefficient (Wildman–Crippen LogP) is 3.13. The highest BCUT2D eigenvalue weighted by Gasteiger charge is 2.35. The summed E-state index contributed by atoms with van der Waals surface area (Å²) in [6.07, 6.45) is 5.95. The Morgan fingerprint density at radius 2 is 2.22 bits per heavy atom. The molecule has 1 aromatic rings. The van der Waals surface area contributed by atoms with Gasteiger partial charge in [0.2, 0.25) is 5.91 Å². The lowest BCUT2D eigenvalue weighted by atomic mass is 9.91. The molecule has 0 bridgehead atoms. The largest absolute Gasteiger partial charge is 0.391 e. The molecule has 1 aromatic heterocycles. The second-order valence-corrected chi connectivity index (χ2v) is 6.98. The molecule has 5 nitrogen and oxygen atoms in total. The summed E-state index contributed by atoms with van der Waals surface area (Å²) < 4.78 is 5.49. The molecule has 23 heavy (non-hydrogen) atoms. The molecule has 2 rings (SSSR count). The van der Waals surface area contributed by atoms with Crippen LogP contribution in [0.1, 0.15) is 70.2 Å². The van der Waals surface area contributed by atoms with Crippen LogP contribution < -0.4 is 0 Å². The van der Waals surface area contributed by atoms with E-state index in [1.54, 1.807) is 4.90 Å². The van der Waals surface area contributed by atoms with Crippen molar-refractivity contribution in [2.45, 2.75) is 71.3 Å². The molecule has 0 radical (unpaired) electrons. The average Bonchev–Trinajstić information content (AvgIpc) is 3.13. The van der Waals surface area contributed by atoms with E-state index in [1.807, 2.05) is 19.9 Å². The number of hydrogen-bond acceptors (Lipinski definition) is 4. The lowest BCUT2D eigenvalue weighted by molar-refractivity contribution is -0.133. The fraction of sp³-hybridized carbons (Fsp3) is 0.778. The highest BCUT2D eigenvalue weighted by Crippen LogP contribution is 2.29. The normalized spacial score (nSPS) is 19.5. The van der Waals surface area contributed by atoms with E-state index in [0.717, 1.165) is 18.5 Å². The van der Waals surface area contributed by atoms with Crippen molar-refractivity contribution >= 4 is 5.91 Å². The number of aliphatic hydroxyl groups excluding tert-OH is 1. The summed E-state index contributed by atoms with van der Waals surface area (Å²) in [4.78, 5) is 14.5. The van der Waals surface area contributed by atoms with Gasteiger partial charge in [0, 0.05) is 19.2 Å². The predicted molar refractivity (Wildman–Crippen MR) is 89.1 cm³/mol. The number of carbonyl (C=O) groups is 1. The van der Waals surface area contributed by atoms with E-state index in [4.69, 9.17) is 4.52 Å². The van der Waals surface area contributed by atoms with Gasteiger partial charge < -0.3 is 14.5 Å². The summed E-state index contributed by atoms with van der Waals surface area (Å²) in [5, 5.41) is 13.8. The molecular weight excluding hydrogens is 292 g/mol. The van der Waals surface area contributed by atoms with Gasteiger partial charge in [0.1, 0.15) is 11.7 Å². The van der Waals surface area contributed by atoms with Crippen LogP contribution in [-0.2, 0) is 11.2 Å². The SMILES string of the molecule is CCCCCCc1cc(C(C(=O)N2CC[C@@H](O)C2)C(C)C)on1. The van der Waals surface area contributed by atoms with Crippen LogP contribution in [0.3, 0.4) is 0 Å².